The van der Waals surface area contributed by atoms with E-state index in [1.54, 1.807) is 43.3 Å². The second-order valence-electron chi connectivity index (χ2n) is 5.97. The molecule has 0 saturated heterocycles. The SMILES string of the molecule is CNC(=O)C(C)N(Cc1ccc(Cl)cc1Cl)C(=O)Cc1ccc(Cl)c(Cl)c1. The van der Waals surface area contributed by atoms with Crippen LogP contribution in [0.5, 0.6) is 0 Å². The summed E-state index contributed by atoms with van der Waals surface area (Å²) in [5.41, 5.74) is 1.39. The molecular weight excluding hydrogens is 430 g/mol. The normalized spacial score (nSPS) is 11.8. The zero-order chi connectivity index (χ0) is 20.1. The van der Waals surface area contributed by atoms with Crippen molar-refractivity contribution in [1.82, 2.24) is 10.2 Å². The minimum atomic E-state index is -0.683. The summed E-state index contributed by atoms with van der Waals surface area (Å²) in [6.45, 7) is 1.83. The number of benzene rings is 2. The Morgan fingerprint density at radius 3 is 2.30 bits per heavy atom. The predicted octanol–water partition coefficient (Wildman–Crippen LogP) is 5.01. The highest BCUT2D eigenvalue weighted by Crippen LogP contribution is 2.25. The first-order valence-electron chi connectivity index (χ1n) is 8.11. The molecule has 0 aliphatic carbocycles. The van der Waals surface area contributed by atoms with Crippen LogP contribution in [0.15, 0.2) is 36.4 Å². The average Bonchev–Trinajstić information content (AvgIpc) is 2.62. The topological polar surface area (TPSA) is 49.4 Å². The third-order valence-electron chi connectivity index (χ3n) is 4.11. The first-order valence-corrected chi connectivity index (χ1v) is 9.63. The van der Waals surface area contributed by atoms with Gasteiger partial charge in [-0.2, -0.15) is 0 Å². The summed E-state index contributed by atoms with van der Waals surface area (Å²) in [5.74, 6) is -0.516. The highest BCUT2D eigenvalue weighted by molar-refractivity contribution is 6.42. The summed E-state index contributed by atoms with van der Waals surface area (Å²) >= 11 is 24.1. The van der Waals surface area contributed by atoms with Crippen molar-refractivity contribution in [3.8, 4) is 0 Å². The van der Waals surface area contributed by atoms with Crippen molar-refractivity contribution >= 4 is 58.2 Å². The van der Waals surface area contributed by atoms with Crippen LogP contribution in [-0.2, 0) is 22.6 Å². The minimum Gasteiger partial charge on any atom is -0.357 e. The fourth-order valence-electron chi connectivity index (χ4n) is 2.55. The van der Waals surface area contributed by atoms with Crippen LogP contribution in [0, 0.1) is 0 Å². The van der Waals surface area contributed by atoms with Gasteiger partial charge >= 0.3 is 0 Å². The largest absolute Gasteiger partial charge is 0.357 e. The number of hydrogen-bond donors (Lipinski definition) is 1. The van der Waals surface area contributed by atoms with Gasteiger partial charge < -0.3 is 10.2 Å². The van der Waals surface area contributed by atoms with Gasteiger partial charge in [0, 0.05) is 23.6 Å². The Labute approximate surface area is 178 Å². The molecule has 0 aromatic heterocycles. The summed E-state index contributed by atoms with van der Waals surface area (Å²) in [5, 5.41) is 4.27. The number of rotatable bonds is 6. The fraction of sp³-hybridized carbons (Fsp3) is 0.263. The molecule has 0 saturated carbocycles. The second kappa shape index (κ2) is 9.65. The van der Waals surface area contributed by atoms with Crippen LogP contribution in [0.1, 0.15) is 18.1 Å². The first kappa shape index (κ1) is 21.8. The van der Waals surface area contributed by atoms with Crippen molar-refractivity contribution in [2.24, 2.45) is 0 Å². The molecule has 0 aliphatic heterocycles. The molecule has 1 unspecified atom stereocenters. The maximum atomic E-state index is 13.0. The molecule has 2 aromatic carbocycles. The third-order valence-corrected chi connectivity index (χ3v) is 5.43. The molecule has 0 fully saturated rings. The standard InChI is InChI=1S/C19H18Cl4N2O2/c1-11(19(27)24-2)25(10-13-4-5-14(20)9-16(13)22)18(26)8-12-3-6-15(21)17(23)7-12/h3-7,9,11H,8,10H2,1-2H3,(H,24,27). The van der Waals surface area contributed by atoms with E-state index in [9.17, 15) is 9.59 Å². The number of amides is 2. The molecule has 4 nitrogen and oxygen atoms in total. The maximum absolute atomic E-state index is 13.0. The lowest BCUT2D eigenvalue weighted by Gasteiger charge is -2.29. The van der Waals surface area contributed by atoms with Crippen LogP contribution in [0.3, 0.4) is 0 Å². The summed E-state index contributed by atoms with van der Waals surface area (Å²) in [4.78, 5) is 26.6. The fourth-order valence-corrected chi connectivity index (χ4v) is 3.34. The van der Waals surface area contributed by atoms with Gasteiger partial charge in [0.15, 0.2) is 0 Å². The summed E-state index contributed by atoms with van der Waals surface area (Å²) < 4.78 is 0. The molecule has 0 bridgehead atoms. The van der Waals surface area contributed by atoms with Gasteiger partial charge in [0.2, 0.25) is 11.8 Å². The Morgan fingerprint density at radius 1 is 1.00 bits per heavy atom. The van der Waals surface area contributed by atoms with Gasteiger partial charge in [-0.1, -0.05) is 58.5 Å². The number of likely N-dealkylation sites (N-methyl/N-ethyl adjacent to an activating group) is 1. The Balaban J connectivity index is 2.28. The Morgan fingerprint density at radius 2 is 1.70 bits per heavy atom. The number of carbonyl (C=O) groups excluding carboxylic acids is 2. The van der Waals surface area contributed by atoms with Crippen LogP contribution in [0.25, 0.3) is 0 Å². The van der Waals surface area contributed by atoms with Crippen LogP contribution >= 0.6 is 46.4 Å². The number of halogens is 4. The molecule has 144 valence electrons. The zero-order valence-corrected chi connectivity index (χ0v) is 17.8. The molecule has 0 aliphatic rings. The van der Waals surface area contributed by atoms with E-state index in [0.717, 1.165) is 0 Å². The van der Waals surface area contributed by atoms with Crippen LogP contribution in [0.2, 0.25) is 20.1 Å². The summed E-state index contributed by atoms with van der Waals surface area (Å²) in [6.07, 6.45) is 0.0728. The van der Waals surface area contributed by atoms with Crippen molar-refractivity contribution < 1.29 is 9.59 Å². The van der Waals surface area contributed by atoms with Gasteiger partial charge in [-0.05, 0) is 42.3 Å². The molecule has 0 radical (unpaired) electrons. The quantitative estimate of drug-likeness (QED) is 0.676. The highest BCUT2D eigenvalue weighted by Gasteiger charge is 2.26. The van der Waals surface area contributed by atoms with Crippen LogP contribution in [-0.4, -0.2) is 29.8 Å². The molecule has 2 aromatic rings. The number of hydrogen-bond acceptors (Lipinski definition) is 2. The van der Waals surface area contributed by atoms with Crippen molar-refractivity contribution in [1.29, 1.82) is 0 Å². The predicted molar refractivity (Wildman–Crippen MR) is 111 cm³/mol. The summed E-state index contributed by atoms with van der Waals surface area (Å²) in [7, 11) is 1.52. The Kier molecular flexibility index (Phi) is 7.80. The van der Waals surface area contributed by atoms with E-state index < -0.39 is 6.04 Å². The van der Waals surface area contributed by atoms with Gasteiger partial charge in [0.25, 0.3) is 0 Å². The van der Waals surface area contributed by atoms with Crippen molar-refractivity contribution in [2.45, 2.75) is 25.9 Å². The van der Waals surface area contributed by atoms with E-state index in [1.165, 1.54) is 11.9 Å². The highest BCUT2D eigenvalue weighted by atomic mass is 35.5. The van der Waals surface area contributed by atoms with Gasteiger partial charge in [-0.25, -0.2) is 0 Å². The molecule has 8 heteroatoms. The molecule has 1 N–H and O–H groups in total. The lowest BCUT2D eigenvalue weighted by atomic mass is 10.1. The Bertz CT molecular complexity index is 858. The van der Waals surface area contributed by atoms with E-state index >= 15 is 0 Å². The van der Waals surface area contributed by atoms with Crippen molar-refractivity contribution in [2.75, 3.05) is 7.05 Å². The smallest absolute Gasteiger partial charge is 0.242 e. The molecular formula is C19H18Cl4N2O2. The molecule has 2 rings (SSSR count). The van der Waals surface area contributed by atoms with E-state index in [0.29, 0.717) is 31.2 Å². The zero-order valence-electron chi connectivity index (χ0n) is 14.7. The van der Waals surface area contributed by atoms with E-state index in [2.05, 4.69) is 5.32 Å². The van der Waals surface area contributed by atoms with Gasteiger partial charge in [-0.15, -0.1) is 0 Å². The van der Waals surface area contributed by atoms with E-state index in [4.69, 9.17) is 46.4 Å². The lowest BCUT2D eigenvalue weighted by Crippen LogP contribution is -2.47. The van der Waals surface area contributed by atoms with Crippen LogP contribution < -0.4 is 5.32 Å². The van der Waals surface area contributed by atoms with Gasteiger partial charge in [0.05, 0.1) is 16.5 Å². The maximum Gasteiger partial charge on any atom is 0.242 e. The molecule has 27 heavy (non-hydrogen) atoms. The van der Waals surface area contributed by atoms with E-state index in [-0.39, 0.29) is 24.8 Å². The molecule has 2 amide bonds. The molecule has 0 heterocycles. The minimum absolute atomic E-state index is 0.0728. The van der Waals surface area contributed by atoms with E-state index in [1.807, 2.05) is 0 Å². The summed E-state index contributed by atoms with van der Waals surface area (Å²) in [6, 6.07) is 9.34. The number of nitrogens with one attached hydrogen (secondary N) is 1. The van der Waals surface area contributed by atoms with Crippen molar-refractivity contribution in [3.05, 3.63) is 67.6 Å². The first-order chi connectivity index (χ1) is 12.7. The Hall–Kier alpha value is -1.46. The second-order valence-corrected chi connectivity index (χ2v) is 7.63. The average molecular weight is 448 g/mol. The monoisotopic (exact) mass is 446 g/mol. The molecule has 1 atom stereocenters. The van der Waals surface area contributed by atoms with Crippen molar-refractivity contribution in [3.63, 3.8) is 0 Å². The third kappa shape index (κ3) is 5.76. The van der Waals surface area contributed by atoms with Crippen LogP contribution in [0.4, 0.5) is 0 Å². The van der Waals surface area contributed by atoms with Gasteiger partial charge in [-0.3, -0.25) is 9.59 Å². The number of nitrogens with zero attached hydrogens (tertiary/aromatic N) is 1. The van der Waals surface area contributed by atoms with Gasteiger partial charge in [0.1, 0.15) is 6.04 Å². The lowest BCUT2D eigenvalue weighted by molar-refractivity contribution is -0.139. The molecule has 0 spiro atoms. The number of carbonyl (C=O) groups is 2.